The summed E-state index contributed by atoms with van der Waals surface area (Å²) in [6, 6.07) is 42.5. The number of aromatic nitrogens is 2. The molecule has 6 heterocycles. The van der Waals surface area contributed by atoms with Crippen molar-refractivity contribution in [2.75, 3.05) is 0 Å². The molecule has 2 aliphatic rings. The Labute approximate surface area is 248 Å². The van der Waals surface area contributed by atoms with Crippen LogP contribution in [0.15, 0.2) is 120 Å². The molecule has 10 aromatic rings. The van der Waals surface area contributed by atoms with E-state index in [-0.39, 0.29) is 6.85 Å². The van der Waals surface area contributed by atoms with E-state index < -0.39 is 0 Å². The number of thiophene rings is 1. The second-order valence-corrected chi connectivity index (χ2v) is 13.1. The van der Waals surface area contributed by atoms with Gasteiger partial charge in [-0.05, 0) is 40.1 Å². The zero-order valence-electron chi connectivity index (χ0n) is 22.8. The van der Waals surface area contributed by atoms with E-state index in [0.29, 0.717) is 0 Å². The van der Waals surface area contributed by atoms with Gasteiger partial charge in [-0.25, -0.2) is 0 Å². The molecular weight excluding hydrogens is 543 g/mol. The standard InChI is InChI=1S/C38H19BN2OS/c1-2-10-21-20(9-1)19-27-22-13-7-15-26-33(22)41(36-24-12-4-6-18-30(24)43-37(26)36)39-28-16-8-14-25-31-23-11-3-5-17-29(23)42-38(31)40(34(25)28)35(21)32(27)39/h1-19H. The molecule has 6 aromatic carbocycles. The third kappa shape index (κ3) is 2.27. The molecule has 0 aliphatic carbocycles. The molecule has 5 heteroatoms. The number of nitrogens with zero attached hydrogens (tertiary/aromatic N) is 2. The van der Waals surface area contributed by atoms with E-state index in [1.165, 1.54) is 91.4 Å². The molecule has 0 fully saturated rings. The zero-order chi connectivity index (χ0) is 27.6. The van der Waals surface area contributed by atoms with E-state index in [1.54, 1.807) is 0 Å². The molecule has 2 aliphatic heterocycles. The Morgan fingerprint density at radius 2 is 1.37 bits per heavy atom. The molecule has 0 spiro atoms. The molecule has 0 amide bonds. The number of para-hydroxylation sites is 3. The minimum Gasteiger partial charge on any atom is -0.439 e. The fourth-order valence-electron chi connectivity index (χ4n) is 8.53. The van der Waals surface area contributed by atoms with E-state index in [0.717, 1.165) is 11.3 Å². The first-order valence-electron chi connectivity index (χ1n) is 14.8. The van der Waals surface area contributed by atoms with E-state index in [9.17, 15) is 0 Å². The van der Waals surface area contributed by atoms with Crippen molar-refractivity contribution in [1.82, 2.24) is 9.05 Å². The van der Waals surface area contributed by atoms with Gasteiger partial charge >= 0.3 is 6.85 Å². The highest BCUT2D eigenvalue weighted by Crippen LogP contribution is 2.49. The molecule has 0 saturated heterocycles. The molecule has 0 unspecified atom stereocenters. The monoisotopic (exact) mass is 562 g/mol. The van der Waals surface area contributed by atoms with Crippen molar-refractivity contribution in [2.24, 2.45) is 0 Å². The third-order valence-electron chi connectivity index (χ3n) is 10.1. The van der Waals surface area contributed by atoms with E-state index >= 15 is 0 Å². The highest BCUT2D eigenvalue weighted by atomic mass is 32.1. The maximum atomic E-state index is 6.77. The first kappa shape index (κ1) is 21.4. The molecule has 196 valence electrons. The Kier molecular flexibility index (Phi) is 3.50. The number of fused-ring (bicyclic) bond motifs is 16. The van der Waals surface area contributed by atoms with Crippen LogP contribution in [0.4, 0.5) is 0 Å². The van der Waals surface area contributed by atoms with Gasteiger partial charge in [-0.1, -0.05) is 97.1 Å². The first-order chi connectivity index (χ1) is 21.4. The Hall–Kier alpha value is -5.26. The molecule has 4 aromatic heterocycles. The largest absolute Gasteiger partial charge is 0.439 e. The van der Waals surface area contributed by atoms with Gasteiger partial charge in [0.1, 0.15) is 5.58 Å². The van der Waals surface area contributed by atoms with Crippen LogP contribution < -0.4 is 10.9 Å². The lowest BCUT2D eigenvalue weighted by Crippen LogP contribution is -2.55. The maximum Gasteiger partial charge on any atom is 0.333 e. The van der Waals surface area contributed by atoms with Crippen molar-refractivity contribution >= 4 is 104 Å². The SMILES string of the molecule is c1ccc2c3c4c(cc2c1)-c1cccc2c5sc6ccccc6c5n(c12)B4c1cccc2c4c5ccccc5oc4n-3c12. The Bertz CT molecular complexity index is 2920. The van der Waals surface area contributed by atoms with Crippen LogP contribution in [0.25, 0.3) is 91.8 Å². The number of furan rings is 1. The molecule has 0 radical (unpaired) electrons. The first-order valence-corrected chi connectivity index (χ1v) is 15.6. The van der Waals surface area contributed by atoms with Crippen LogP contribution in [0.3, 0.4) is 0 Å². The van der Waals surface area contributed by atoms with Crippen LogP contribution in [0.2, 0.25) is 0 Å². The van der Waals surface area contributed by atoms with Crippen molar-refractivity contribution in [2.45, 2.75) is 0 Å². The second-order valence-electron chi connectivity index (χ2n) is 12.0. The number of rotatable bonds is 0. The van der Waals surface area contributed by atoms with Crippen LogP contribution in [-0.4, -0.2) is 15.9 Å². The summed E-state index contributed by atoms with van der Waals surface area (Å²) in [5, 5.41) is 8.83. The van der Waals surface area contributed by atoms with Crippen molar-refractivity contribution in [1.29, 1.82) is 0 Å². The molecule has 0 atom stereocenters. The fraction of sp³-hybridized carbons (Fsp3) is 0. The maximum absolute atomic E-state index is 6.77. The van der Waals surface area contributed by atoms with Crippen LogP contribution >= 0.6 is 11.3 Å². The summed E-state index contributed by atoms with van der Waals surface area (Å²) >= 11 is 1.92. The molecular formula is C38H19BN2OS. The van der Waals surface area contributed by atoms with Crippen molar-refractivity contribution in [3.05, 3.63) is 115 Å². The average molecular weight is 562 g/mol. The Morgan fingerprint density at radius 1 is 0.605 bits per heavy atom. The molecule has 43 heavy (non-hydrogen) atoms. The van der Waals surface area contributed by atoms with Gasteiger partial charge in [-0.3, -0.25) is 4.57 Å². The molecule has 12 rings (SSSR count). The predicted octanol–water partition coefficient (Wildman–Crippen LogP) is 8.95. The third-order valence-corrected chi connectivity index (χ3v) is 11.3. The summed E-state index contributed by atoms with van der Waals surface area (Å²) in [6.45, 7) is 0.0454. The minimum atomic E-state index is 0.0454. The Balaban J connectivity index is 1.40. The van der Waals surface area contributed by atoms with Crippen LogP contribution in [0.1, 0.15) is 0 Å². The van der Waals surface area contributed by atoms with Gasteiger partial charge in [0, 0.05) is 42.7 Å². The fourth-order valence-corrected chi connectivity index (χ4v) is 9.76. The van der Waals surface area contributed by atoms with E-state index in [1.807, 2.05) is 11.3 Å². The average Bonchev–Trinajstić information content (AvgIpc) is 3.79. The lowest BCUT2D eigenvalue weighted by atomic mass is 9.45. The van der Waals surface area contributed by atoms with Crippen molar-refractivity contribution < 1.29 is 4.42 Å². The van der Waals surface area contributed by atoms with Gasteiger partial charge in [0.05, 0.1) is 26.8 Å². The summed E-state index contributed by atoms with van der Waals surface area (Å²) < 4.78 is 14.6. The smallest absolute Gasteiger partial charge is 0.333 e. The summed E-state index contributed by atoms with van der Waals surface area (Å²) in [4.78, 5) is 0. The molecule has 0 N–H and O–H groups in total. The highest BCUT2D eigenvalue weighted by molar-refractivity contribution is 7.27. The Morgan fingerprint density at radius 3 is 2.33 bits per heavy atom. The lowest BCUT2D eigenvalue weighted by Gasteiger charge is -2.34. The summed E-state index contributed by atoms with van der Waals surface area (Å²) in [6.07, 6.45) is 0. The van der Waals surface area contributed by atoms with Gasteiger partial charge < -0.3 is 8.90 Å². The highest BCUT2D eigenvalue weighted by Gasteiger charge is 2.43. The van der Waals surface area contributed by atoms with Gasteiger partial charge in [0.25, 0.3) is 0 Å². The number of benzene rings is 6. The lowest BCUT2D eigenvalue weighted by molar-refractivity contribution is 0.646. The van der Waals surface area contributed by atoms with Crippen molar-refractivity contribution in [3.8, 4) is 16.8 Å². The van der Waals surface area contributed by atoms with E-state index in [4.69, 9.17) is 4.42 Å². The van der Waals surface area contributed by atoms with Gasteiger partial charge in [0.15, 0.2) is 0 Å². The quantitative estimate of drug-likeness (QED) is 0.169. The summed E-state index contributed by atoms with van der Waals surface area (Å²) in [5.74, 6) is 0. The van der Waals surface area contributed by atoms with Crippen LogP contribution in [0, 0.1) is 0 Å². The van der Waals surface area contributed by atoms with E-state index in [2.05, 4.69) is 124 Å². The van der Waals surface area contributed by atoms with Gasteiger partial charge in [-0.2, -0.15) is 0 Å². The summed E-state index contributed by atoms with van der Waals surface area (Å²) in [7, 11) is 0. The minimum absolute atomic E-state index is 0.0454. The van der Waals surface area contributed by atoms with Gasteiger partial charge in [-0.15, -0.1) is 11.3 Å². The van der Waals surface area contributed by atoms with Crippen LogP contribution in [0.5, 0.6) is 0 Å². The summed E-state index contributed by atoms with van der Waals surface area (Å²) in [5.41, 5.74) is 12.4. The molecule has 0 saturated carbocycles. The molecule has 0 bridgehead atoms. The predicted molar refractivity (Wildman–Crippen MR) is 182 cm³/mol. The van der Waals surface area contributed by atoms with Crippen molar-refractivity contribution in [3.63, 3.8) is 0 Å². The number of hydrogen-bond donors (Lipinski definition) is 0. The molecule has 3 nitrogen and oxygen atoms in total. The second kappa shape index (κ2) is 7.03. The number of hydrogen-bond acceptors (Lipinski definition) is 2. The van der Waals surface area contributed by atoms with Gasteiger partial charge in [0.2, 0.25) is 5.71 Å². The normalized spacial score (nSPS) is 13.5. The topological polar surface area (TPSA) is 23.0 Å². The van der Waals surface area contributed by atoms with Crippen LogP contribution in [-0.2, 0) is 0 Å². The zero-order valence-corrected chi connectivity index (χ0v) is 23.6.